The second-order valence-corrected chi connectivity index (χ2v) is 12.8. The Morgan fingerprint density at radius 1 is 1.17 bits per heavy atom. The zero-order chi connectivity index (χ0) is 24.4. The van der Waals surface area contributed by atoms with Crippen LogP contribution in [0.3, 0.4) is 0 Å². The molecule has 1 aromatic heterocycles. The van der Waals surface area contributed by atoms with E-state index in [9.17, 15) is 13.2 Å². The standard InChI is InChI=1S/C26H29N3O4S2/c1-33-20-6-8-21(9-7-20)34-22-14-25(26(30)28-19-11-13-35(31,32)17-19)29(16-22)15-18-10-12-27-24-5-3-2-4-23(18)24/h2-10,12,19,22,25H,11,13-17H2,1H3,(H,28,30)/t19?,22-,25+/m1/s1. The van der Waals surface area contributed by atoms with E-state index < -0.39 is 9.84 Å². The molecule has 9 heteroatoms. The summed E-state index contributed by atoms with van der Waals surface area (Å²) in [5.41, 5.74) is 2.07. The lowest BCUT2D eigenvalue weighted by atomic mass is 10.1. The molecule has 2 aliphatic rings. The van der Waals surface area contributed by atoms with Gasteiger partial charge in [-0.15, -0.1) is 11.8 Å². The molecule has 2 fully saturated rings. The number of benzene rings is 2. The van der Waals surface area contributed by atoms with Crippen LogP contribution in [-0.2, 0) is 21.2 Å². The van der Waals surface area contributed by atoms with Gasteiger partial charge in [-0.3, -0.25) is 14.7 Å². The largest absolute Gasteiger partial charge is 0.497 e. The van der Waals surface area contributed by atoms with Gasteiger partial charge in [0.25, 0.3) is 0 Å². The van der Waals surface area contributed by atoms with Crippen molar-refractivity contribution in [1.29, 1.82) is 0 Å². The van der Waals surface area contributed by atoms with Crippen molar-refractivity contribution < 1.29 is 17.9 Å². The Morgan fingerprint density at radius 3 is 2.71 bits per heavy atom. The SMILES string of the molecule is COc1ccc(S[C@@H]2C[C@@H](C(=O)NC3CCS(=O)(=O)C3)N(Cc3ccnc4ccccc34)C2)cc1. The van der Waals surface area contributed by atoms with Crippen LogP contribution in [0.1, 0.15) is 18.4 Å². The van der Waals surface area contributed by atoms with Crippen molar-refractivity contribution in [3.63, 3.8) is 0 Å². The number of rotatable bonds is 7. The molecular weight excluding hydrogens is 482 g/mol. The first-order chi connectivity index (χ1) is 16.9. The number of methoxy groups -OCH3 is 1. The van der Waals surface area contributed by atoms with Crippen LogP contribution in [0.25, 0.3) is 10.9 Å². The third kappa shape index (κ3) is 5.63. The summed E-state index contributed by atoms with van der Waals surface area (Å²) >= 11 is 1.77. The maximum absolute atomic E-state index is 13.4. The van der Waals surface area contributed by atoms with Crippen LogP contribution in [0, 0.1) is 0 Å². The molecule has 0 bridgehead atoms. The lowest BCUT2D eigenvalue weighted by Crippen LogP contribution is -2.47. The molecule has 3 heterocycles. The number of sulfone groups is 1. The van der Waals surface area contributed by atoms with Gasteiger partial charge in [0, 0.05) is 40.9 Å². The predicted molar refractivity (Wildman–Crippen MR) is 138 cm³/mol. The fourth-order valence-electron chi connectivity index (χ4n) is 4.96. The molecule has 0 aliphatic carbocycles. The highest BCUT2D eigenvalue weighted by Gasteiger charge is 2.39. The molecule has 2 aromatic carbocycles. The molecule has 2 aliphatic heterocycles. The number of nitrogens with zero attached hydrogens (tertiary/aromatic N) is 2. The van der Waals surface area contributed by atoms with Crippen LogP contribution in [0.2, 0.25) is 0 Å². The number of likely N-dealkylation sites (tertiary alicyclic amines) is 1. The summed E-state index contributed by atoms with van der Waals surface area (Å²) in [5, 5.41) is 4.35. The third-order valence-electron chi connectivity index (χ3n) is 6.72. The maximum Gasteiger partial charge on any atom is 0.237 e. The number of para-hydroxylation sites is 1. The Morgan fingerprint density at radius 2 is 1.97 bits per heavy atom. The summed E-state index contributed by atoms with van der Waals surface area (Å²) in [7, 11) is -1.41. The molecule has 2 saturated heterocycles. The first-order valence-corrected chi connectivity index (χ1v) is 14.5. The molecule has 1 N–H and O–H groups in total. The van der Waals surface area contributed by atoms with Crippen LogP contribution >= 0.6 is 11.8 Å². The predicted octanol–water partition coefficient (Wildman–Crippen LogP) is 3.28. The minimum atomic E-state index is -3.06. The summed E-state index contributed by atoms with van der Waals surface area (Å²) in [6.45, 7) is 1.39. The van der Waals surface area contributed by atoms with Crippen molar-refractivity contribution in [3.05, 3.63) is 66.4 Å². The van der Waals surface area contributed by atoms with Gasteiger partial charge in [0.1, 0.15) is 5.75 Å². The summed E-state index contributed by atoms with van der Waals surface area (Å²) < 4.78 is 29.1. The van der Waals surface area contributed by atoms with Gasteiger partial charge in [0.05, 0.1) is 30.2 Å². The number of thioether (sulfide) groups is 1. The van der Waals surface area contributed by atoms with E-state index in [2.05, 4.69) is 21.3 Å². The third-order valence-corrected chi connectivity index (χ3v) is 9.71. The van der Waals surface area contributed by atoms with Crippen LogP contribution in [0.15, 0.2) is 65.7 Å². The lowest BCUT2D eigenvalue weighted by Gasteiger charge is -2.25. The number of pyridine rings is 1. The Bertz CT molecular complexity index is 1310. The minimum Gasteiger partial charge on any atom is -0.497 e. The molecule has 1 amide bonds. The minimum absolute atomic E-state index is 0.0322. The summed E-state index contributed by atoms with van der Waals surface area (Å²) in [6.07, 6.45) is 3.00. The van der Waals surface area contributed by atoms with Crippen LogP contribution < -0.4 is 10.1 Å². The molecule has 0 radical (unpaired) electrons. The Kier molecular flexibility index (Phi) is 7.00. The van der Waals surface area contributed by atoms with E-state index in [0.717, 1.165) is 33.7 Å². The van der Waals surface area contributed by atoms with E-state index in [4.69, 9.17) is 4.74 Å². The number of ether oxygens (including phenoxy) is 1. The monoisotopic (exact) mass is 511 g/mol. The van der Waals surface area contributed by atoms with Gasteiger partial charge in [0.15, 0.2) is 9.84 Å². The number of hydrogen-bond acceptors (Lipinski definition) is 7. The number of aromatic nitrogens is 1. The van der Waals surface area contributed by atoms with Crippen molar-refractivity contribution in [1.82, 2.24) is 15.2 Å². The molecule has 3 aromatic rings. The number of fused-ring (bicyclic) bond motifs is 1. The normalized spacial score (nSPS) is 24.0. The average molecular weight is 512 g/mol. The van der Waals surface area contributed by atoms with Crippen LogP contribution in [0.4, 0.5) is 0 Å². The van der Waals surface area contributed by atoms with E-state index in [0.29, 0.717) is 19.4 Å². The molecule has 5 rings (SSSR count). The Balaban J connectivity index is 1.35. The fraction of sp³-hybridized carbons (Fsp3) is 0.385. The molecule has 0 saturated carbocycles. The highest BCUT2D eigenvalue weighted by molar-refractivity contribution is 8.00. The maximum atomic E-state index is 13.4. The van der Waals surface area contributed by atoms with E-state index in [1.807, 2.05) is 54.7 Å². The fourth-order valence-corrected chi connectivity index (χ4v) is 7.86. The van der Waals surface area contributed by atoms with Gasteiger partial charge in [-0.25, -0.2) is 8.42 Å². The van der Waals surface area contributed by atoms with Crippen LogP contribution in [0.5, 0.6) is 5.75 Å². The zero-order valence-electron chi connectivity index (χ0n) is 19.6. The number of nitrogens with one attached hydrogen (secondary N) is 1. The van der Waals surface area contributed by atoms with Crippen molar-refractivity contribution in [3.8, 4) is 5.75 Å². The second kappa shape index (κ2) is 10.2. The highest BCUT2D eigenvalue weighted by Crippen LogP contribution is 2.35. The number of amides is 1. The molecule has 184 valence electrons. The molecule has 3 atom stereocenters. The summed E-state index contributed by atoms with van der Waals surface area (Å²) in [6, 6.07) is 17.4. The topological polar surface area (TPSA) is 88.6 Å². The molecule has 0 spiro atoms. The van der Waals surface area contributed by atoms with Gasteiger partial charge in [-0.2, -0.15) is 0 Å². The molecule has 7 nitrogen and oxygen atoms in total. The average Bonchev–Trinajstić information content (AvgIpc) is 3.41. The molecule has 1 unspecified atom stereocenters. The highest BCUT2D eigenvalue weighted by atomic mass is 32.2. The number of hydrogen-bond donors (Lipinski definition) is 1. The Labute approximate surface area is 210 Å². The van der Waals surface area contributed by atoms with E-state index >= 15 is 0 Å². The van der Waals surface area contributed by atoms with Gasteiger partial charge < -0.3 is 10.1 Å². The van der Waals surface area contributed by atoms with E-state index in [1.165, 1.54) is 0 Å². The zero-order valence-corrected chi connectivity index (χ0v) is 21.2. The first kappa shape index (κ1) is 24.1. The summed E-state index contributed by atoms with van der Waals surface area (Å²) in [5.74, 6) is 0.912. The smallest absolute Gasteiger partial charge is 0.237 e. The van der Waals surface area contributed by atoms with Gasteiger partial charge in [0.2, 0.25) is 5.91 Å². The van der Waals surface area contributed by atoms with Crippen molar-refractivity contribution in [2.24, 2.45) is 0 Å². The lowest BCUT2D eigenvalue weighted by molar-refractivity contribution is -0.126. The molecule has 35 heavy (non-hydrogen) atoms. The van der Waals surface area contributed by atoms with Crippen molar-refractivity contribution in [2.75, 3.05) is 25.2 Å². The van der Waals surface area contributed by atoms with Gasteiger partial charge in [-0.1, -0.05) is 18.2 Å². The quantitative estimate of drug-likeness (QED) is 0.521. The molecular formula is C26H29N3O4S2. The van der Waals surface area contributed by atoms with Gasteiger partial charge >= 0.3 is 0 Å². The first-order valence-electron chi connectivity index (χ1n) is 11.8. The Hall–Kier alpha value is -2.62. The second-order valence-electron chi connectivity index (χ2n) is 9.19. The van der Waals surface area contributed by atoms with E-state index in [1.54, 1.807) is 18.9 Å². The summed E-state index contributed by atoms with van der Waals surface area (Å²) in [4.78, 5) is 21.2. The van der Waals surface area contributed by atoms with Gasteiger partial charge in [-0.05, 0) is 54.8 Å². The van der Waals surface area contributed by atoms with Crippen LogP contribution in [-0.4, -0.2) is 66.7 Å². The van der Waals surface area contributed by atoms with E-state index in [-0.39, 0.29) is 34.7 Å². The number of carbonyl (C=O) groups excluding carboxylic acids is 1. The number of carbonyl (C=O) groups is 1. The van der Waals surface area contributed by atoms with Crippen molar-refractivity contribution >= 4 is 38.4 Å². The van der Waals surface area contributed by atoms with Crippen molar-refractivity contribution in [2.45, 2.75) is 41.6 Å².